The van der Waals surface area contributed by atoms with Crippen LogP contribution in [0.4, 0.5) is 0 Å². The second-order valence-electron chi connectivity index (χ2n) is 5.99. The van der Waals surface area contributed by atoms with Gasteiger partial charge in [0.1, 0.15) is 0 Å². The van der Waals surface area contributed by atoms with Crippen LogP contribution in [-0.4, -0.2) is 27.4 Å². The summed E-state index contributed by atoms with van der Waals surface area (Å²) >= 11 is 1.30. The highest BCUT2D eigenvalue weighted by Crippen LogP contribution is 2.27. The maximum atomic E-state index is 12.2. The zero-order chi connectivity index (χ0) is 16.2. The average molecular weight is 331 g/mol. The van der Waals surface area contributed by atoms with E-state index in [2.05, 4.69) is 15.5 Å². The molecule has 0 radical (unpaired) electrons. The predicted octanol–water partition coefficient (Wildman–Crippen LogP) is 3.58. The van der Waals surface area contributed by atoms with Gasteiger partial charge >= 0.3 is 0 Å². The average Bonchev–Trinajstić information content (AvgIpc) is 3.20. The minimum Gasteiger partial charge on any atom is -0.411 e. The molecule has 23 heavy (non-hydrogen) atoms. The smallest absolute Gasteiger partial charge is 0.277 e. The van der Waals surface area contributed by atoms with Crippen LogP contribution in [0, 0.1) is 6.92 Å². The van der Waals surface area contributed by atoms with Crippen LogP contribution in [0.25, 0.3) is 11.5 Å². The third-order valence-electron chi connectivity index (χ3n) is 4.05. The van der Waals surface area contributed by atoms with Gasteiger partial charge in [0, 0.05) is 11.6 Å². The molecule has 3 rings (SSSR count). The van der Waals surface area contributed by atoms with Crippen LogP contribution in [0.5, 0.6) is 0 Å². The van der Waals surface area contributed by atoms with E-state index in [1.807, 2.05) is 38.1 Å². The first-order valence-electron chi connectivity index (χ1n) is 7.99. The zero-order valence-corrected chi connectivity index (χ0v) is 14.2. The van der Waals surface area contributed by atoms with Crippen molar-refractivity contribution in [1.82, 2.24) is 15.5 Å². The van der Waals surface area contributed by atoms with Crippen LogP contribution < -0.4 is 5.32 Å². The van der Waals surface area contributed by atoms with Crippen molar-refractivity contribution >= 4 is 17.7 Å². The highest BCUT2D eigenvalue weighted by atomic mass is 32.2. The van der Waals surface area contributed by atoms with Crippen molar-refractivity contribution in [3.05, 3.63) is 29.8 Å². The molecule has 122 valence electrons. The lowest BCUT2D eigenvalue weighted by Gasteiger charge is -2.14. The fourth-order valence-corrected chi connectivity index (χ4v) is 3.36. The zero-order valence-electron chi connectivity index (χ0n) is 13.4. The molecule has 1 amide bonds. The number of hydrogen-bond acceptors (Lipinski definition) is 5. The molecule has 0 spiro atoms. The first kappa shape index (κ1) is 16.1. The molecule has 1 atom stereocenters. The van der Waals surface area contributed by atoms with Crippen LogP contribution in [-0.2, 0) is 4.79 Å². The van der Waals surface area contributed by atoms with Crippen molar-refractivity contribution in [2.75, 3.05) is 0 Å². The number of thioether (sulfide) groups is 1. The van der Waals surface area contributed by atoms with Crippen molar-refractivity contribution in [1.29, 1.82) is 0 Å². The lowest BCUT2D eigenvalue weighted by Crippen LogP contribution is -2.37. The number of nitrogens with one attached hydrogen (secondary N) is 1. The second-order valence-corrected chi connectivity index (χ2v) is 7.28. The van der Waals surface area contributed by atoms with Crippen molar-refractivity contribution < 1.29 is 9.21 Å². The van der Waals surface area contributed by atoms with E-state index in [0.717, 1.165) is 18.4 Å². The van der Waals surface area contributed by atoms with E-state index < -0.39 is 0 Å². The quantitative estimate of drug-likeness (QED) is 0.848. The van der Waals surface area contributed by atoms with E-state index in [1.165, 1.54) is 30.2 Å². The summed E-state index contributed by atoms with van der Waals surface area (Å²) in [6.45, 7) is 3.90. The Morgan fingerprint density at radius 2 is 1.96 bits per heavy atom. The van der Waals surface area contributed by atoms with Crippen molar-refractivity contribution in [3.63, 3.8) is 0 Å². The molecule has 1 heterocycles. The molecule has 1 aromatic heterocycles. The summed E-state index contributed by atoms with van der Waals surface area (Å²) in [6, 6.07) is 8.24. The lowest BCUT2D eigenvalue weighted by atomic mass is 10.1. The maximum Gasteiger partial charge on any atom is 0.277 e. The Balaban J connectivity index is 1.59. The van der Waals surface area contributed by atoms with E-state index in [1.54, 1.807) is 0 Å². The Labute approximate surface area is 140 Å². The van der Waals surface area contributed by atoms with Crippen LogP contribution in [0.1, 0.15) is 38.2 Å². The van der Waals surface area contributed by atoms with Gasteiger partial charge < -0.3 is 9.73 Å². The molecule has 1 aliphatic rings. The number of amides is 1. The van der Waals surface area contributed by atoms with E-state index >= 15 is 0 Å². The molecule has 1 N–H and O–H groups in total. The van der Waals surface area contributed by atoms with Crippen LogP contribution in [0.15, 0.2) is 33.9 Å². The summed E-state index contributed by atoms with van der Waals surface area (Å²) in [5, 5.41) is 11.4. The highest BCUT2D eigenvalue weighted by Gasteiger charge is 2.23. The molecule has 0 bridgehead atoms. The first-order valence-corrected chi connectivity index (χ1v) is 8.87. The normalized spacial score (nSPS) is 16.4. The summed E-state index contributed by atoms with van der Waals surface area (Å²) in [5.41, 5.74) is 2.07. The lowest BCUT2D eigenvalue weighted by molar-refractivity contribution is -0.120. The Bertz CT molecular complexity index is 663. The van der Waals surface area contributed by atoms with Gasteiger partial charge in [-0.05, 0) is 38.8 Å². The van der Waals surface area contributed by atoms with Crippen LogP contribution in [0.3, 0.4) is 0 Å². The Morgan fingerprint density at radius 3 is 2.65 bits per heavy atom. The summed E-state index contributed by atoms with van der Waals surface area (Å²) < 4.78 is 5.66. The molecule has 1 aromatic carbocycles. The van der Waals surface area contributed by atoms with Gasteiger partial charge in [-0.2, -0.15) is 0 Å². The van der Waals surface area contributed by atoms with Gasteiger partial charge in [0.2, 0.25) is 11.8 Å². The molecule has 1 saturated carbocycles. The Morgan fingerprint density at radius 1 is 1.26 bits per heavy atom. The molecule has 0 aliphatic heterocycles. The number of hydrogen-bond donors (Lipinski definition) is 1. The standard InChI is InChI=1S/C17H21N3O2S/c1-11-7-9-13(10-8-11)16-19-20-17(22-16)23-12(2)15(21)18-14-5-3-4-6-14/h7-10,12,14H,3-6H2,1-2H3,(H,18,21)/t12-/m1/s1. The number of benzene rings is 1. The molecule has 1 fully saturated rings. The Hall–Kier alpha value is -1.82. The molecule has 2 aromatic rings. The maximum absolute atomic E-state index is 12.2. The van der Waals surface area contributed by atoms with Gasteiger partial charge in [0.05, 0.1) is 5.25 Å². The van der Waals surface area contributed by atoms with E-state index in [0.29, 0.717) is 17.2 Å². The van der Waals surface area contributed by atoms with Gasteiger partial charge in [-0.3, -0.25) is 4.79 Å². The number of carbonyl (C=O) groups excluding carboxylic acids is 1. The number of carbonyl (C=O) groups is 1. The minimum absolute atomic E-state index is 0.0389. The molecular formula is C17H21N3O2S. The topological polar surface area (TPSA) is 68.0 Å². The molecule has 0 saturated heterocycles. The monoisotopic (exact) mass is 331 g/mol. The van der Waals surface area contributed by atoms with E-state index in [9.17, 15) is 4.79 Å². The number of nitrogens with zero attached hydrogens (tertiary/aromatic N) is 2. The summed E-state index contributed by atoms with van der Waals surface area (Å²) in [7, 11) is 0. The van der Waals surface area contributed by atoms with Gasteiger partial charge in [0.15, 0.2) is 0 Å². The highest BCUT2D eigenvalue weighted by molar-refractivity contribution is 8.00. The van der Waals surface area contributed by atoms with E-state index in [4.69, 9.17) is 4.42 Å². The predicted molar refractivity (Wildman–Crippen MR) is 90.2 cm³/mol. The molecule has 0 unspecified atom stereocenters. The molecule has 6 heteroatoms. The molecule has 5 nitrogen and oxygen atoms in total. The summed E-state index contributed by atoms with van der Waals surface area (Å²) in [5.74, 6) is 0.521. The Kier molecular flexibility index (Phi) is 5.00. The van der Waals surface area contributed by atoms with Gasteiger partial charge in [0.25, 0.3) is 5.22 Å². The molecular weight excluding hydrogens is 310 g/mol. The van der Waals surface area contributed by atoms with Crippen LogP contribution >= 0.6 is 11.8 Å². The second kappa shape index (κ2) is 7.17. The van der Waals surface area contributed by atoms with Crippen molar-refractivity contribution in [2.45, 2.75) is 56.0 Å². The van der Waals surface area contributed by atoms with Crippen molar-refractivity contribution in [3.8, 4) is 11.5 Å². The minimum atomic E-state index is -0.248. The van der Waals surface area contributed by atoms with Gasteiger partial charge in [-0.15, -0.1) is 10.2 Å². The third-order valence-corrected chi connectivity index (χ3v) is 4.99. The largest absolute Gasteiger partial charge is 0.411 e. The fraction of sp³-hybridized carbons (Fsp3) is 0.471. The number of aryl methyl sites for hydroxylation is 1. The third kappa shape index (κ3) is 4.13. The van der Waals surface area contributed by atoms with Crippen LogP contribution in [0.2, 0.25) is 0 Å². The van der Waals surface area contributed by atoms with Gasteiger partial charge in [-0.1, -0.05) is 42.3 Å². The summed E-state index contributed by atoms with van der Waals surface area (Å²) in [6.07, 6.45) is 4.58. The van der Waals surface area contributed by atoms with Crippen molar-refractivity contribution in [2.24, 2.45) is 0 Å². The SMILES string of the molecule is Cc1ccc(-c2nnc(S[C@H](C)C(=O)NC3CCCC3)o2)cc1. The summed E-state index contributed by atoms with van der Waals surface area (Å²) in [4.78, 5) is 12.2. The fourth-order valence-electron chi connectivity index (χ4n) is 2.66. The van der Waals surface area contributed by atoms with E-state index in [-0.39, 0.29) is 11.2 Å². The van der Waals surface area contributed by atoms with Gasteiger partial charge in [-0.25, -0.2) is 0 Å². The number of rotatable bonds is 5. The number of aromatic nitrogens is 2. The molecule has 1 aliphatic carbocycles. The first-order chi connectivity index (χ1) is 11.1.